The summed E-state index contributed by atoms with van der Waals surface area (Å²) in [6.45, 7) is 0.528. The van der Waals surface area contributed by atoms with Crippen LogP contribution in [0.2, 0.25) is 0 Å². The molecule has 2 aromatic carbocycles. The van der Waals surface area contributed by atoms with Gasteiger partial charge >= 0.3 is 0 Å². The van der Waals surface area contributed by atoms with Crippen LogP contribution < -0.4 is 5.32 Å². The summed E-state index contributed by atoms with van der Waals surface area (Å²) in [5, 5.41) is 4.93. The number of para-hydroxylation sites is 4. The summed E-state index contributed by atoms with van der Waals surface area (Å²) in [6, 6.07) is 15.7. The number of nitrogens with zero attached hydrogens (tertiary/aromatic N) is 5. The molecule has 5 aromatic rings. The summed E-state index contributed by atoms with van der Waals surface area (Å²) in [7, 11) is 1.96. The molecule has 29 heavy (non-hydrogen) atoms. The van der Waals surface area contributed by atoms with E-state index in [1.54, 1.807) is 5.51 Å². The number of fused-ring (bicyclic) bond motifs is 2. The van der Waals surface area contributed by atoms with Crippen molar-refractivity contribution < 1.29 is 4.79 Å². The normalized spacial score (nSPS) is 11.3. The van der Waals surface area contributed by atoms with E-state index in [9.17, 15) is 4.79 Å². The van der Waals surface area contributed by atoms with Crippen LogP contribution in [0.3, 0.4) is 0 Å². The number of nitrogens with one attached hydrogen (secondary N) is 1. The topological polar surface area (TPSA) is 77.6 Å². The van der Waals surface area contributed by atoms with Gasteiger partial charge in [-0.05, 0) is 24.3 Å². The molecule has 0 saturated carbocycles. The Morgan fingerprint density at radius 3 is 2.48 bits per heavy atom. The number of rotatable bonds is 5. The molecule has 3 heterocycles. The quantitative estimate of drug-likeness (QED) is 0.489. The van der Waals surface area contributed by atoms with Crippen LogP contribution >= 0.6 is 11.3 Å². The molecular formula is C21H18N6OS. The minimum absolute atomic E-state index is 0.100. The molecule has 0 radical (unpaired) electrons. The summed E-state index contributed by atoms with van der Waals surface area (Å²) in [4.78, 5) is 26.4. The van der Waals surface area contributed by atoms with E-state index in [2.05, 4.69) is 20.3 Å². The zero-order chi connectivity index (χ0) is 19.8. The zero-order valence-electron chi connectivity index (χ0n) is 15.7. The van der Waals surface area contributed by atoms with Gasteiger partial charge in [0.15, 0.2) is 5.82 Å². The lowest BCUT2D eigenvalue weighted by Gasteiger charge is -2.09. The second-order valence-electron chi connectivity index (χ2n) is 6.74. The van der Waals surface area contributed by atoms with Crippen LogP contribution in [0.25, 0.3) is 33.6 Å². The lowest BCUT2D eigenvalue weighted by atomic mass is 10.3. The highest BCUT2D eigenvalue weighted by Gasteiger charge is 2.17. The number of hydrogen-bond acceptors (Lipinski definition) is 5. The predicted molar refractivity (Wildman–Crippen MR) is 113 cm³/mol. The van der Waals surface area contributed by atoms with Gasteiger partial charge in [0.05, 0.1) is 34.1 Å². The fraction of sp³-hybridized carbons (Fsp3) is 0.143. The Hall–Kier alpha value is -3.52. The lowest BCUT2D eigenvalue weighted by Crippen LogP contribution is -2.28. The van der Waals surface area contributed by atoms with Gasteiger partial charge in [-0.2, -0.15) is 0 Å². The van der Waals surface area contributed by atoms with Crippen molar-refractivity contribution in [1.82, 2.24) is 29.4 Å². The van der Waals surface area contributed by atoms with Crippen molar-refractivity contribution in [2.75, 3.05) is 0 Å². The van der Waals surface area contributed by atoms with Gasteiger partial charge in [-0.3, -0.25) is 4.79 Å². The first-order valence-corrected chi connectivity index (χ1v) is 10.2. The molecule has 1 N–H and O–H groups in total. The van der Waals surface area contributed by atoms with E-state index in [1.807, 2.05) is 70.1 Å². The third-order valence-corrected chi connectivity index (χ3v) is 5.53. The van der Waals surface area contributed by atoms with Crippen molar-refractivity contribution in [3.05, 3.63) is 65.2 Å². The Morgan fingerprint density at radius 2 is 1.76 bits per heavy atom. The maximum Gasteiger partial charge on any atom is 0.240 e. The molecule has 0 aliphatic heterocycles. The summed E-state index contributed by atoms with van der Waals surface area (Å²) in [5.41, 5.74) is 6.26. The molecule has 0 aliphatic carbocycles. The molecule has 0 bridgehead atoms. The van der Waals surface area contributed by atoms with Crippen LogP contribution in [0.4, 0.5) is 0 Å². The first-order chi connectivity index (χ1) is 14.2. The number of thiazole rings is 1. The number of carbonyl (C=O) groups excluding carboxylic acids is 1. The van der Waals surface area contributed by atoms with E-state index in [1.165, 1.54) is 11.3 Å². The Balaban J connectivity index is 1.40. The first kappa shape index (κ1) is 17.6. The van der Waals surface area contributed by atoms with Crippen molar-refractivity contribution in [3.8, 4) is 11.5 Å². The standard InChI is InChI=1S/C21H18N6OS/c1-26-17-8-4-2-6-14(17)24-19(26)10-22-20(28)11-27-18-9-5-3-7-15(18)25-21(27)16-12-29-13-23-16/h2-9,12-13H,10-11H2,1H3,(H,22,28). The molecule has 144 valence electrons. The predicted octanol–water partition coefficient (Wildman–Crippen LogP) is 3.36. The molecule has 0 saturated heterocycles. The van der Waals surface area contributed by atoms with Gasteiger partial charge < -0.3 is 14.5 Å². The Morgan fingerprint density at radius 1 is 1.03 bits per heavy atom. The number of benzene rings is 2. The van der Waals surface area contributed by atoms with Crippen molar-refractivity contribution >= 4 is 39.3 Å². The van der Waals surface area contributed by atoms with Crippen molar-refractivity contribution in [2.24, 2.45) is 7.05 Å². The first-order valence-electron chi connectivity index (χ1n) is 9.21. The van der Waals surface area contributed by atoms with Crippen LogP contribution in [0.15, 0.2) is 59.4 Å². The molecule has 0 spiro atoms. The van der Waals surface area contributed by atoms with E-state index in [-0.39, 0.29) is 12.5 Å². The van der Waals surface area contributed by atoms with Gasteiger partial charge in [0, 0.05) is 12.4 Å². The number of aromatic nitrogens is 5. The van der Waals surface area contributed by atoms with Crippen LogP contribution in [0.5, 0.6) is 0 Å². The number of imidazole rings is 2. The molecule has 0 aliphatic rings. The van der Waals surface area contributed by atoms with Gasteiger partial charge in [0.1, 0.15) is 18.1 Å². The third kappa shape index (κ3) is 3.17. The van der Waals surface area contributed by atoms with Crippen molar-refractivity contribution in [1.29, 1.82) is 0 Å². The highest BCUT2D eigenvalue weighted by atomic mass is 32.1. The van der Waals surface area contributed by atoms with Crippen LogP contribution in [-0.4, -0.2) is 30.0 Å². The van der Waals surface area contributed by atoms with Gasteiger partial charge in [-0.1, -0.05) is 24.3 Å². The molecular weight excluding hydrogens is 384 g/mol. The molecule has 5 rings (SSSR count). The number of hydrogen-bond donors (Lipinski definition) is 1. The third-order valence-electron chi connectivity index (χ3n) is 4.94. The average Bonchev–Trinajstić information content (AvgIpc) is 3.46. The minimum Gasteiger partial charge on any atom is -0.347 e. The van der Waals surface area contributed by atoms with E-state index in [0.29, 0.717) is 12.4 Å². The smallest absolute Gasteiger partial charge is 0.240 e. The Bertz CT molecular complexity index is 1320. The van der Waals surface area contributed by atoms with Crippen molar-refractivity contribution in [3.63, 3.8) is 0 Å². The molecule has 8 heteroatoms. The number of amides is 1. The Kier molecular flexibility index (Phi) is 4.33. The Labute approximate surface area is 170 Å². The highest BCUT2D eigenvalue weighted by molar-refractivity contribution is 7.07. The molecule has 0 unspecified atom stereocenters. The number of aryl methyl sites for hydroxylation is 1. The molecule has 1 amide bonds. The van der Waals surface area contributed by atoms with Gasteiger partial charge in [0.25, 0.3) is 0 Å². The second-order valence-corrected chi connectivity index (χ2v) is 7.46. The minimum atomic E-state index is -0.100. The fourth-order valence-corrected chi connectivity index (χ4v) is 4.02. The van der Waals surface area contributed by atoms with E-state index in [4.69, 9.17) is 0 Å². The molecule has 3 aromatic heterocycles. The summed E-state index contributed by atoms with van der Waals surface area (Å²) >= 11 is 1.51. The van der Waals surface area contributed by atoms with Crippen LogP contribution in [-0.2, 0) is 24.9 Å². The highest BCUT2D eigenvalue weighted by Crippen LogP contribution is 2.24. The van der Waals surface area contributed by atoms with Gasteiger partial charge in [0.2, 0.25) is 5.91 Å². The maximum absolute atomic E-state index is 12.8. The zero-order valence-corrected chi connectivity index (χ0v) is 16.6. The van der Waals surface area contributed by atoms with Gasteiger partial charge in [-0.25, -0.2) is 15.0 Å². The lowest BCUT2D eigenvalue weighted by molar-refractivity contribution is -0.121. The van der Waals surface area contributed by atoms with Crippen LogP contribution in [0.1, 0.15) is 5.82 Å². The molecule has 0 fully saturated rings. The van der Waals surface area contributed by atoms with Crippen LogP contribution in [0, 0.1) is 0 Å². The van der Waals surface area contributed by atoms with Gasteiger partial charge in [-0.15, -0.1) is 11.3 Å². The summed E-state index contributed by atoms with van der Waals surface area (Å²) in [5.74, 6) is 1.41. The molecule has 0 atom stereocenters. The SMILES string of the molecule is Cn1c(CNC(=O)Cn2c(-c3cscn3)nc3ccccc32)nc2ccccc21. The van der Waals surface area contributed by atoms with E-state index >= 15 is 0 Å². The summed E-state index contributed by atoms with van der Waals surface area (Å²) < 4.78 is 3.91. The monoisotopic (exact) mass is 402 g/mol. The van der Waals surface area contributed by atoms with Crippen molar-refractivity contribution in [2.45, 2.75) is 13.1 Å². The van der Waals surface area contributed by atoms with E-state index < -0.39 is 0 Å². The number of carbonyl (C=O) groups is 1. The summed E-state index contributed by atoms with van der Waals surface area (Å²) in [6.07, 6.45) is 0. The molecule has 7 nitrogen and oxygen atoms in total. The average molecular weight is 402 g/mol. The second kappa shape index (κ2) is 7.14. The maximum atomic E-state index is 12.8. The largest absolute Gasteiger partial charge is 0.347 e. The fourth-order valence-electron chi connectivity index (χ4n) is 3.48. The van der Waals surface area contributed by atoms with E-state index in [0.717, 1.165) is 33.6 Å².